The topological polar surface area (TPSA) is 89.8 Å². The van der Waals surface area contributed by atoms with Gasteiger partial charge in [0.1, 0.15) is 18.3 Å². The number of carbonyl (C=O) groups is 1. The second-order valence-electron chi connectivity index (χ2n) is 6.61. The van der Waals surface area contributed by atoms with E-state index < -0.39 is 22.0 Å². The van der Waals surface area contributed by atoms with E-state index in [1.807, 2.05) is 0 Å². The lowest BCUT2D eigenvalue weighted by Gasteiger charge is -2.20. The number of fused-ring (bicyclic) bond motifs is 1. The van der Waals surface area contributed by atoms with Crippen molar-refractivity contribution in [2.45, 2.75) is 31.4 Å². The Morgan fingerprint density at radius 3 is 2.57 bits per heavy atom. The van der Waals surface area contributed by atoms with Crippen molar-refractivity contribution in [3.05, 3.63) is 65.6 Å². The molecule has 0 saturated heterocycles. The summed E-state index contributed by atoms with van der Waals surface area (Å²) in [6.45, 7) is 3.41. The minimum absolute atomic E-state index is 0.0750. The fourth-order valence-corrected chi connectivity index (χ4v) is 4.14. The number of nitrogens with one attached hydrogen (secondary N) is 1. The molecular formula is C19H20ClN3O4S. The van der Waals surface area contributed by atoms with E-state index in [1.54, 1.807) is 61.0 Å². The zero-order valence-corrected chi connectivity index (χ0v) is 16.9. The van der Waals surface area contributed by atoms with E-state index in [2.05, 4.69) is 9.71 Å². The zero-order chi connectivity index (χ0) is 20.3. The van der Waals surface area contributed by atoms with E-state index in [0.29, 0.717) is 16.4 Å². The molecule has 2 heterocycles. The Kier molecular flexibility index (Phi) is 6.02. The summed E-state index contributed by atoms with van der Waals surface area (Å²) in [5.74, 6) is -0.963. The number of aromatic nitrogens is 2. The third-order valence-corrected chi connectivity index (χ3v) is 5.76. The van der Waals surface area contributed by atoms with Gasteiger partial charge in [-0.25, -0.2) is 13.4 Å². The van der Waals surface area contributed by atoms with Crippen LogP contribution in [0.15, 0.2) is 59.8 Å². The van der Waals surface area contributed by atoms with Crippen LogP contribution in [0, 0.1) is 5.92 Å². The predicted molar refractivity (Wildman–Crippen MR) is 105 cm³/mol. The van der Waals surface area contributed by atoms with Gasteiger partial charge in [-0.1, -0.05) is 43.6 Å². The maximum atomic E-state index is 12.5. The first kappa shape index (κ1) is 20.3. The third kappa shape index (κ3) is 4.70. The van der Waals surface area contributed by atoms with Crippen LogP contribution in [-0.2, 0) is 26.2 Å². The number of carbonyl (C=O) groups excluding carboxylic acids is 1. The summed E-state index contributed by atoms with van der Waals surface area (Å²) < 4.78 is 34.5. The van der Waals surface area contributed by atoms with E-state index in [-0.39, 0.29) is 17.4 Å². The van der Waals surface area contributed by atoms with Gasteiger partial charge >= 0.3 is 5.97 Å². The monoisotopic (exact) mass is 421 g/mol. The van der Waals surface area contributed by atoms with Gasteiger partial charge in [-0.3, -0.25) is 4.79 Å². The van der Waals surface area contributed by atoms with E-state index in [4.69, 9.17) is 16.3 Å². The first-order valence-electron chi connectivity index (χ1n) is 8.63. The van der Waals surface area contributed by atoms with Crippen LogP contribution in [0.3, 0.4) is 0 Å². The van der Waals surface area contributed by atoms with Crippen LogP contribution in [0.5, 0.6) is 0 Å². The Morgan fingerprint density at radius 2 is 1.89 bits per heavy atom. The van der Waals surface area contributed by atoms with Crippen molar-refractivity contribution in [1.82, 2.24) is 14.1 Å². The maximum absolute atomic E-state index is 12.5. The summed E-state index contributed by atoms with van der Waals surface area (Å²) in [5, 5.41) is 0.559. The van der Waals surface area contributed by atoms with Crippen LogP contribution in [0.25, 0.3) is 5.65 Å². The van der Waals surface area contributed by atoms with Gasteiger partial charge in [-0.2, -0.15) is 4.72 Å². The number of hydrogen-bond acceptors (Lipinski definition) is 5. The van der Waals surface area contributed by atoms with E-state index >= 15 is 0 Å². The molecule has 28 heavy (non-hydrogen) atoms. The number of nitrogens with zero attached hydrogens (tertiary/aromatic N) is 2. The molecule has 1 N–H and O–H groups in total. The first-order chi connectivity index (χ1) is 13.3. The molecule has 0 amide bonds. The molecule has 148 valence electrons. The van der Waals surface area contributed by atoms with Gasteiger partial charge in [-0.15, -0.1) is 0 Å². The Morgan fingerprint density at radius 1 is 1.18 bits per heavy atom. The van der Waals surface area contributed by atoms with Gasteiger partial charge in [0, 0.05) is 12.4 Å². The zero-order valence-electron chi connectivity index (χ0n) is 15.4. The number of ether oxygens (including phenoxy) is 1. The fourth-order valence-electron chi connectivity index (χ4n) is 2.61. The smallest absolute Gasteiger partial charge is 0.324 e. The molecule has 0 bridgehead atoms. The summed E-state index contributed by atoms with van der Waals surface area (Å²) >= 11 is 5.94. The Hall–Kier alpha value is -2.42. The summed E-state index contributed by atoms with van der Waals surface area (Å²) in [7, 11) is -3.84. The highest BCUT2D eigenvalue weighted by molar-refractivity contribution is 7.89. The van der Waals surface area contributed by atoms with Crippen LogP contribution >= 0.6 is 11.6 Å². The molecule has 0 aliphatic carbocycles. The van der Waals surface area contributed by atoms with Gasteiger partial charge in [0.2, 0.25) is 10.0 Å². The molecule has 0 saturated carbocycles. The Balaban J connectivity index is 1.70. The average Bonchev–Trinajstić information content (AvgIpc) is 3.06. The van der Waals surface area contributed by atoms with Crippen molar-refractivity contribution >= 4 is 33.2 Å². The fraction of sp³-hybridized carbons (Fsp3) is 0.263. The number of sulfonamides is 1. The number of hydrogen-bond donors (Lipinski definition) is 1. The number of pyridine rings is 1. The molecule has 1 aromatic carbocycles. The third-order valence-electron chi connectivity index (χ3n) is 4.08. The largest absolute Gasteiger partial charge is 0.458 e. The van der Waals surface area contributed by atoms with Crippen LogP contribution in [0.1, 0.15) is 19.5 Å². The molecule has 1 atom stereocenters. The Labute approximate surface area is 168 Å². The van der Waals surface area contributed by atoms with Gasteiger partial charge in [0.05, 0.1) is 15.6 Å². The van der Waals surface area contributed by atoms with Gasteiger partial charge in [0.25, 0.3) is 0 Å². The van der Waals surface area contributed by atoms with Crippen LogP contribution in [0.2, 0.25) is 5.02 Å². The van der Waals surface area contributed by atoms with Gasteiger partial charge in [0.15, 0.2) is 0 Å². The minimum atomic E-state index is -3.84. The molecule has 0 radical (unpaired) electrons. The summed E-state index contributed by atoms with van der Waals surface area (Å²) in [6, 6.07) is 10.3. The van der Waals surface area contributed by atoms with Crippen molar-refractivity contribution in [1.29, 1.82) is 0 Å². The average molecular weight is 422 g/mol. The Bertz CT molecular complexity index is 1080. The lowest BCUT2D eigenvalue weighted by atomic mass is 10.1. The second kappa shape index (κ2) is 8.30. The predicted octanol–water partition coefficient (Wildman–Crippen LogP) is 3.03. The maximum Gasteiger partial charge on any atom is 0.324 e. The molecule has 0 spiro atoms. The van der Waals surface area contributed by atoms with Crippen LogP contribution in [-0.4, -0.2) is 29.8 Å². The highest BCUT2D eigenvalue weighted by atomic mass is 35.5. The van der Waals surface area contributed by atoms with Crippen molar-refractivity contribution < 1.29 is 17.9 Å². The summed E-state index contributed by atoms with van der Waals surface area (Å²) in [4.78, 5) is 17.0. The number of halogens is 1. The van der Waals surface area contributed by atoms with Crippen molar-refractivity contribution in [2.24, 2.45) is 5.92 Å². The number of rotatable bonds is 7. The van der Waals surface area contributed by atoms with E-state index in [0.717, 1.165) is 0 Å². The van der Waals surface area contributed by atoms with E-state index in [1.165, 1.54) is 12.1 Å². The van der Waals surface area contributed by atoms with Gasteiger partial charge < -0.3 is 9.14 Å². The van der Waals surface area contributed by atoms with E-state index in [9.17, 15) is 13.2 Å². The van der Waals surface area contributed by atoms with Crippen molar-refractivity contribution in [3.63, 3.8) is 0 Å². The highest BCUT2D eigenvalue weighted by Gasteiger charge is 2.29. The standard InChI is InChI=1S/C19H20ClN3O4S/c1-13(2)18(22-28(25,26)16-6-4-3-5-7-16)19(24)27-12-15-11-23-10-14(20)8-9-17(23)21-15/h3-11,13,18,22H,12H2,1-2H3. The summed E-state index contributed by atoms with van der Waals surface area (Å²) in [6.07, 6.45) is 3.40. The molecule has 3 aromatic rings. The highest BCUT2D eigenvalue weighted by Crippen LogP contribution is 2.15. The number of esters is 1. The molecule has 9 heteroatoms. The van der Waals surface area contributed by atoms with Crippen molar-refractivity contribution in [2.75, 3.05) is 0 Å². The normalized spacial score (nSPS) is 13.0. The lowest BCUT2D eigenvalue weighted by molar-refractivity contribution is -0.148. The molecule has 1 unspecified atom stereocenters. The first-order valence-corrected chi connectivity index (χ1v) is 10.5. The number of imidazole rings is 1. The molecule has 2 aromatic heterocycles. The molecule has 7 nitrogen and oxygen atoms in total. The molecule has 3 rings (SSSR count). The summed E-state index contributed by atoms with van der Waals surface area (Å²) in [5.41, 5.74) is 1.20. The molecule has 0 fully saturated rings. The van der Waals surface area contributed by atoms with Crippen LogP contribution < -0.4 is 4.72 Å². The SMILES string of the molecule is CC(C)C(NS(=O)(=O)c1ccccc1)C(=O)OCc1cn2cc(Cl)ccc2n1. The quantitative estimate of drug-likeness (QED) is 0.592. The molecule has 0 aliphatic rings. The minimum Gasteiger partial charge on any atom is -0.458 e. The second-order valence-corrected chi connectivity index (χ2v) is 8.76. The van der Waals surface area contributed by atoms with Crippen molar-refractivity contribution in [3.8, 4) is 0 Å². The molecule has 0 aliphatic heterocycles. The molecular weight excluding hydrogens is 402 g/mol. The van der Waals surface area contributed by atoms with Gasteiger partial charge in [-0.05, 0) is 30.2 Å². The number of benzene rings is 1. The lowest BCUT2D eigenvalue weighted by Crippen LogP contribution is -2.45. The van der Waals surface area contributed by atoms with Crippen LogP contribution in [0.4, 0.5) is 0 Å².